The molecule has 1 heterocycles. The second-order valence-electron chi connectivity index (χ2n) is 7.26. The minimum absolute atomic E-state index is 0.627. The zero-order valence-corrected chi connectivity index (χ0v) is 16.2. The minimum Gasteiger partial charge on any atom is -0.247 e. The lowest BCUT2D eigenvalue weighted by molar-refractivity contribution is -0.727. The van der Waals surface area contributed by atoms with Gasteiger partial charge in [0.1, 0.15) is 12.4 Å². The lowest BCUT2D eigenvalue weighted by atomic mass is 9.97. The average molecular weight is 322 g/mol. The van der Waals surface area contributed by atoms with Gasteiger partial charge in [0.2, 0.25) is 0 Å². The van der Waals surface area contributed by atoms with Gasteiger partial charge in [-0.25, -0.2) is 9.55 Å². The van der Waals surface area contributed by atoms with Gasteiger partial charge in [-0.1, -0.05) is 72.1 Å². The molecule has 1 aromatic heterocycles. The van der Waals surface area contributed by atoms with E-state index in [1.165, 1.54) is 82.9 Å². The van der Waals surface area contributed by atoms with Crippen molar-refractivity contribution in [1.82, 2.24) is 4.98 Å². The molecule has 0 aliphatic rings. The maximum absolute atomic E-state index is 3.55. The Balaban J connectivity index is 2.44. The highest BCUT2D eigenvalue weighted by Gasteiger charge is 2.23. The Hall–Kier alpha value is -0.790. The Kier molecular flexibility index (Phi) is 11.1. The predicted molar refractivity (Wildman–Crippen MR) is 101 cm³/mol. The molecule has 0 saturated heterocycles. The van der Waals surface area contributed by atoms with Crippen LogP contribution in [0.5, 0.6) is 0 Å². The van der Waals surface area contributed by atoms with Crippen molar-refractivity contribution in [3.63, 3.8) is 0 Å². The topological polar surface area (TPSA) is 19.7 Å². The van der Waals surface area contributed by atoms with Crippen LogP contribution in [0, 0.1) is 0 Å². The number of hydrogen-bond donors (Lipinski definition) is 1. The number of nitrogens with one attached hydrogen (secondary N) is 1. The van der Waals surface area contributed by atoms with Crippen molar-refractivity contribution in [2.75, 3.05) is 0 Å². The fourth-order valence-corrected chi connectivity index (χ4v) is 3.60. The summed E-state index contributed by atoms with van der Waals surface area (Å²) in [6, 6.07) is 0.627. The summed E-state index contributed by atoms with van der Waals surface area (Å²) in [6.07, 6.45) is 20.7. The van der Waals surface area contributed by atoms with E-state index in [4.69, 9.17) is 0 Å². The summed E-state index contributed by atoms with van der Waals surface area (Å²) in [5.41, 5.74) is 0. The number of H-pyrrole nitrogens is 1. The molecule has 0 amide bonds. The van der Waals surface area contributed by atoms with E-state index >= 15 is 0 Å². The molecule has 0 fully saturated rings. The van der Waals surface area contributed by atoms with Crippen molar-refractivity contribution in [1.29, 1.82) is 0 Å². The molecule has 0 bridgehead atoms. The Labute approximate surface area is 145 Å². The number of rotatable bonds is 14. The van der Waals surface area contributed by atoms with Gasteiger partial charge in [-0.2, -0.15) is 0 Å². The van der Waals surface area contributed by atoms with Crippen molar-refractivity contribution >= 4 is 0 Å². The summed E-state index contributed by atoms with van der Waals surface area (Å²) in [5, 5.41) is 0. The highest BCUT2D eigenvalue weighted by molar-refractivity contribution is 4.89. The third-order valence-electron chi connectivity index (χ3n) is 5.23. The highest BCUT2D eigenvalue weighted by atomic mass is 15.1. The van der Waals surface area contributed by atoms with E-state index in [2.05, 4.69) is 49.6 Å². The van der Waals surface area contributed by atoms with Crippen LogP contribution in [-0.4, -0.2) is 4.98 Å². The predicted octanol–water partition coefficient (Wildman–Crippen LogP) is 6.69. The van der Waals surface area contributed by atoms with Crippen LogP contribution in [0.2, 0.25) is 0 Å². The maximum Gasteiger partial charge on any atom is 0.257 e. The standard InChI is InChI=1S/C21H40N2/c1-5-8-10-11-12-14-15-19(4)23-18-17-22-21(23)20(7-3)16-13-9-6-2/h17-20H,5-16H2,1-4H3/p+1. The Morgan fingerprint density at radius 3 is 2.17 bits per heavy atom. The first-order valence-corrected chi connectivity index (χ1v) is 10.3. The van der Waals surface area contributed by atoms with Gasteiger partial charge in [-0.05, 0) is 32.6 Å². The van der Waals surface area contributed by atoms with Gasteiger partial charge < -0.3 is 0 Å². The first-order chi connectivity index (χ1) is 11.2. The van der Waals surface area contributed by atoms with Crippen LogP contribution < -0.4 is 4.57 Å². The second kappa shape index (κ2) is 12.6. The van der Waals surface area contributed by atoms with Crippen molar-refractivity contribution in [3.8, 4) is 0 Å². The van der Waals surface area contributed by atoms with Crippen LogP contribution in [0.4, 0.5) is 0 Å². The van der Waals surface area contributed by atoms with Gasteiger partial charge in [0.15, 0.2) is 0 Å². The fourth-order valence-electron chi connectivity index (χ4n) is 3.60. The van der Waals surface area contributed by atoms with Gasteiger partial charge in [0, 0.05) is 0 Å². The average Bonchev–Trinajstić information content (AvgIpc) is 3.04. The molecule has 134 valence electrons. The maximum atomic E-state index is 3.55. The number of hydrogen-bond acceptors (Lipinski definition) is 0. The number of aromatic nitrogens is 2. The van der Waals surface area contributed by atoms with Crippen molar-refractivity contribution in [3.05, 3.63) is 18.2 Å². The molecule has 0 aromatic carbocycles. The van der Waals surface area contributed by atoms with Gasteiger partial charge in [-0.3, -0.25) is 0 Å². The molecule has 0 spiro atoms. The molecule has 1 rings (SSSR count). The van der Waals surface area contributed by atoms with Crippen LogP contribution in [-0.2, 0) is 0 Å². The van der Waals surface area contributed by atoms with Crippen LogP contribution >= 0.6 is 0 Å². The molecule has 2 atom stereocenters. The molecule has 1 N–H and O–H groups in total. The van der Waals surface area contributed by atoms with Crippen molar-refractivity contribution < 1.29 is 4.57 Å². The lowest BCUT2D eigenvalue weighted by Gasteiger charge is -2.15. The minimum atomic E-state index is 0.627. The highest BCUT2D eigenvalue weighted by Crippen LogP contribution is 2.23. The third kappa shape index (κ3) is 7.54. The molecule has 23 heavy (non-hydrogen) atoms. The summed E-state index contributed by atoms with van der Waals surface area (Å²) in [7, 11) is 0. The Bertz CT molecular complexity index is 383. The molecule has 0 aliphatic heterocycles. The van der Waals surface area contributed by atoms with E-state index in [1.54, 1.807) is 0 Å². The summed E-state index contributed by atoms with van der Waals surface area (Å²) < 4.78 is 2.52. The summed E-state index contributed by atoms with van der Waals surface area (Å²) in [4.78, 5) is 3.55. The smallest absolute Gasteiger partial charge is 0.247 e. The monoisotopic (exact) mass is 321 g/mol. The zero-order valence-electron chi connectivity index (χ0n) is 16.2. The SMILES string of the molecule is CCCCCCCCC(C)[n+]1cc[nH]c1C(CC)CCCCC. The van der Waals surface area contributed by atoms with Gasteiger partial charge in [0.25, 0.3) is 5.82 Å². The molecule has 2 nitrogen and oxygen atoms in total. The number of imidazole rings is 1. The van der Waals surface area contributed by atoms with Crippen molar-refractivity contribution in [2.45, 2.75) is 117 Å². The molecule has 0 aliphatic carbocycles. The van der Waals surface area contributed by atoms with Gasteiger partial charge in [0.05, 0.1) is 12.0 Å². The second-order valence-corrected chi connectivity index (χ2v) is 7.26. The molecule has 0 radical (unpaired) electrons. The molecule has 2 heteroatoms. The van der Waals surface area contributed by atoms with E-state index in [-0.39, 0.29) is 0 Å². The molecule has 1 aromatic rings. The van der Waals surface area contributed by atoms with Gasteiger partial charge >= 0.3 is 0 Å². The van der Waals surface area contributed by atoms with E-state index < -0.39 is 0 Å². The Morgan fingerprint density at radius 2 is 1.48 bits per heavy atom. The normalized spacial score (nSPS) is 14.1. The summed E-state index contributed by atoms with van der Waals surface area (Å²) in [6.45, 7) is 9.30. The fraction of sp³-hybridized carbons (Fsp3) is 0.857. The van der Waals surface area contributed by atoms with Gasteiger partial charge in [-0.15, -0.1) is 0 Å². The van der Waals surface area contributed by atoms with Crippen LogP contribution in [0.15, 0.2) is 12.4 Å². The molecule has 0 saturated carbocycles. The Morgan fingerprint density at radius 1 is 0.870 bits per heavy atom. The lowest BCUT2D eigenvalue weighted by Crippen LogP contribution is -2.41. The zero-order chi connectivity index (χ0) is 16.9. The molecular formula is C21H41N2+. The number of nitrogens with zero attached hydrogens (tertiary/aromatic N) is 1. The third-order valence-corrected chi connectivity index (χ3v) is 5.23. The quantitative estimate of drug-likeness (QED) is 0.291. The van der Waals surface area contributed by atoms with E-state index in [9.17, 15) is 0 Å². The van der Waals surface area contributed by atoms with E-state index in [1.807, 2.05) is 0 Å². The van der Waals surface area contributed by atoms with Crippen molar-refractivity contribution in [2.24, 2.45) is 0 Å². The van der Waals surface area contributed by atoms with Crippen LogP contribution in [0.25, 0.3) is 0 Å². The van der Waals surface area contributed by atoms with Crippen LogP contribution in [0.1, 0.15) is 123 Å². The largest absolute Gasteiger partial charge is 0.257 e. The summed E-state index contributed by atoms with van der Waals surface area (Å²) in [5.74, 6) is 2.16. The van der Waals surface area contributed by atoms with Crippen LogP contribution in [0.3, 0.4) is 0 Å². The molecule has 2 unspecified atom stereocenters. The van der Waals surface area contributed by atoms with E-state index in [0.29, 0.717) is 12.0 Å². The molecular weight excluding hydrogens is 280 g/mol. The first kappa shape index (κ1) is 20.3. The van der Waals surface area contributed by atoms with E-state index in [0.717, 1.165) is 0 Å². The number of unbranched alkanes of at least 4 members (excludes halogenated alkanes) is 7. The first-order valence-electron chi connectivity index (χ1n) is 10.3. The summed E-state index contributed by atoms with van der Waals surface area (Å²) >= 11 is 0. The number of aromatic amines is 1.